The lowest BCUT2D eigenvalue weighted by atomic mass is 10.3. The SMILES string of the molecule is Cc1nnc(CNc2ccc(Br)cc2Br)n1C. The van der Waals surface area contributed by atoms with Gasteiger partial charge in [-0.2, -0.15) is 0 Å². The van der Waals surface area contributed by atoms with E-state index in [1.807, 2.05) is 36.7 Å². The van der Waals surface area contributed by atoms with Crippen LogP contribution >= 0.6 is 31.9 Å². The van der Waals surface area contributed by atoms with Crippen molar-refractivity contribution in [3.05, 3.63) is 38.8 Å². The summed E-state index contributed by atoms with van der Waals surface area (Å²) in [6, 6.07) is 6.01. The fourth-order valence-corrected chi connectivity index (χ4v) is 2.60. The van der Waals surface area contributed by atoms with Gasteiger partial charge in [-0.1, -0.05) is 15.9 Å². The number of benzene rings is 1. The second kappa shape index (κ2) is 5.18. The van der Waals surface area contributed by atoms with Crippen molar-refractivity contribution in [2.75, 3.05) is 5.32 Å². The Kier molecular flexibility index (Phi) is 3.83. The van der Waals surface area contributed by atoms with Crippen molar-refractivity contribution in [2.24, 2.45) is 7.05 Å². The molecular formula is C11H12Br2N4. The molecule has 0 aliphatic rings. The Morgan fingerprint density at radius 1 is 1.29 bits per heavy atom. The van der Waals surface area contributed by atoms with Gasteiger partial charge in [0, 0.05) is 21.7 Å². The van der Waals surface area contributed by atoms with E-state index >= 15 is 0 Å². The summed E-state index contributed by atoms with van der Waals surface area (Å²) in [6.45, 7) is 2.59. The fourth-order valence-electron chi connectivity index (χ4n) is 1.41. The molecule has 1 aromatic heterocycles. The van der Waals surface area contributed by atoms with Crippen LogP contribution in [0.25, 0.3) is 0 Å². The Hall–Kier alpha value is -0.880. The minimum atomic E-state index is 0.650. The van der Waals surface area contributed by atoms with E-state index in [1.54, 1.807) is 0 Å². The molecule has 90 valence electrons. The summed E-state index contributed by atoms with van der Waals surface area (Å²) in [5.74, 6) is 1.83. The van der Waals surface area contributed by atoms with Gasteiger partial charge in [-0.15, -0.1) is 10.2 Å². The first-order valence-electron chi connectivity index (χ1n) is 5.11. The number of nitrogens with one attached hydrogen (secondary N) is 1. The molecule has 0 radical (unpaired) electrons. The van der Waals surface area contributed by atoms with Gasteiger partial charge in [0.25, 0.3) is 0 Å². The van der Waals surface area contributed by atoms with E-state index in [9.17, 15) is 0 Å². The Morgan fingerprint density at radius 3 is 2.65 bits per heavy atom. The van der Waals surface area contributed by atoms with Crippen molar-refractivity contribution >= 4 is 37.5 Å². The quantitative estimate of drug-likeness (QED) is 0.914. The molecule has 6 heteroatoms. The molecule has 1 heterocycles. The topological polar surface area (TPSA) is 42.7 Å². The van der Waals surface area contributed by atoms with E-state index in [0.29, 0.717) is 6.54 Å². The van der Waals surface area contributed by atoms with Gasteiger partial charge in [-0.05, 0) is 41.1 Å². The van der Waals surface area contributed by atoms with E-state index in [-0.39, 0.29) is 0 Å². The summed E-state index contributed by atoms with van der Waals surface area (Å²) >= 11 is 6.93. The lowest BCUT2D eigenvalue weighted by Crippen LogP contribution is -2.07. The number of anilines is 1. The summed E-state index contributed by atoms with van der Waals surface area (Å²) in [6.07, 6.45) is 0. The van der Waals surface area contributed by atoms with Gasteiger partial charge in [0.15, 0.2) is 5.82 Å². The molecule has 4 nitrogen and oxygen atoms in total. The van der Waals surface area contributed by atoms with Gasteiger partial charge in [0.2, 0.25) is 0 Å². The normalized spacial score (nSPS) is 10.6. The van der Waals surface area contributed by atoms with Gasteiger partial charge >= 0.3 is 0 Å². The van der Waals surface area contributed by atoms with Crippen molar-refractivity contribution < 1.29 is 0 Å². The highest BCUT2D eigenvalue weighted by Gasteiger charge is 2.05. The van der Waals surface area contributed by atoms with E-state index in [4.69, 9.17) is 0 Å². The highest BCUT2D eigenvalue weighted by atomic mass is 79.9. The Bertz CT molecular complexity index is 536. The first kappa shape index (κ1) is 12.6. The van der Waals surface area contributed by atoms with E-state index in [1.165, 1.54) is 0 Å². The average Bonchev–Trinajstić information content (AvgIpc) is 2.59. The molecule has 0 unspecified atom stereocenters. The van der Waals surface area contributed by atoms with Crippen LogP contribution in [0, 0.1) is 6.92 Å². The molecule has 0 aliphatic heterocycles. The fraction of sp³-hybridized carbons (Fsp3) is 0.273. The molecule has 0 aliphatic carbocycles. The smallest absolute Gasteiger partial charge is 0.152 e. The highest BCUT2D eigenvalue weighted by Crippen LogP contribution is 2.26. The zero-order chi connectivity index (χ0) is 12.4. The minimum Gasteiger partial charge on any atom is -0.377 e. The molecule has 1 N–H and O–H groups in total. The number of hydrogen-bond donors (Lipinski definition) is 1. The second-order valence-corrected chi connectivity index (χ2v) is 5.47. The number of rotatable bonds is 3. The predicted octanol–water partition coefficient (Wildman–Crippen LogP) is 3.26. The van der Waals surface area contributed by atoms with Crippen LogP contribution in [0.2, 0.25) is 0 Å². The van der Waals surface area contributed by atoms with Gasteiger partial charge in [-0.25, -0.2) is 0 Å². The Morgan fingerprint density at radius 2 is 2.06 bits per heavy atom. The minimum absolute atomic E-state index is 0.650. The van der Waals surface area contributed by atoms with Crippen molar-refractivity contribution in [3.63, 3.8) is 0 Å². The van der Waals surface area contributed by atoms with Crippen molar-refractivity contribution in [1.82, 2.24) is 14.8 Å². The number of aryl methyl sites for hydroxylation is 1. The molecule has 0 atom stereocenters. The van der Waals surface area contributed by atoms with Crippen LogP contribution in [0.4, 0.5) is 5.69 Å². The molecule has 17 heavy (non-hydrogen) atoms. The zero-order valence-electron chi connectivity index (χ0n) is 9.54. The standard InChI is InChI=1S/C11H12Br2N4/c1-7-15-16-11(17(7)2)6-14-10-4-3-8(12)5-9(10)13/h3-5,14H,6H2,1-2H3. The lowest BCUT2D eigenvalue weighted by Gasteiger charge is -2.08. The molecule has 0 fully saturated rings. The largest absolute Gasteiger partial charge is 0.377 e. The van der Waals surface area contributed by atoms with E-state index < -0.39 is 0 Å². The van der Waals surface area contributed by atoms with Crippen LogP contribution in [-0.4, -0.2) is 14.8 Å². The van der Waals surface area contributed by atoms with Crippen LogP contribution in [0.5, 0.6) is 0 Å². The van der Waals surface area contributed by atoms with Gasteiger partial charge in [0.1, 0.15) is 5.82 Å². The third-order valence-corrected chi connectivity index (χ3v) is 3.70. The molecule has 0 saturated carbocycles. The van der Waals surface area contributed by atoms with E-state index in [0.717, 1.165) is 26.3 Å². The van der Waals surface area contributed by atoms with Crippen LogP contribution in [0.15, 0.2) is 27.1 Å². The monoisotopic (exact) mass is 358 g/mol. The summed E-state index contributed by atoms with van der Waals surface area (Å²) in [7, 11) is 1.96. The molecule has 0 saturated heterocycles. The maximum absolute atomic E-state index is 4.10. The first-order valence-corrected chi connectivity index (χ1v) is 6.70. The molecule has 0 spiro atoms. The molecule has 0 amide bonds. The van der Waals surface area contributed by atoms with E-state index in [2.05, 4.69) is 47.4 Å². The molecule has 0 bridgehead atoms. The number of nitrogens with zero attached hydrogens (tertiary/aromatic N) is 3. The summed E-state index contributed by atoms with van der Waals surface area (Å²) in [5.41, 5.74) is 1.04. The number of aromatic nitrogens is 3. The maximum Gasteiger partial charge on any atom is 0.152 e. The van der Waals surface area contributed by atoms with Crippen LogP contribution < -0.4 is 5.32 Å². The molecule has 2 aromatic rings. The Balaban J connectivity index is 2.10. The van der Waals surface area contributed by atoms with Crippen LogP contribution in [0.1, 0.15) is 11.6 Å². The first-order chi connectivity index (χ1) is 8.08. The Labute approximate surface area is 117 Å². The van der Waals surface area contributed by atoms with Gasteiger partial charge in [0.05, 0.1) is 6.54 Å². The molecule has 2 rings (SSSR count). The van der Waals surface area contributed by atoms with Crippen LogP contribution in [-0.2, 0) is 13.6 Å². The van der Waals surface area contributed by atoms with Crippen molar-refractivity contribution in [2.45, 2.75) is 13.5 Å². The summed E-state index contributed by atoms with van der Waals surface area (Å²) in [5, 5.41) is 11.4. The van der Waals surface area contributed by atoms with Gasteiger partial charge < -0.3 is 9.88 Å². The predicted molar refractivity (Wildman–Crippen MR) is 74.9 cm³/mol. The lowest BCUT2D eigenvalue weighted by molar-refractivity contribution is 0.789. The van der Waals surface area contributed by atoms with Crippen molar-refractivity contribution in [3.8, 4) is 0 Å². The third-order valence-electron chi connectivity index (χ3n) is 2.55. The average molecular weight is 360 g/mol. The highest BCUT2D eigenvalue weighted by molar-refractivity contribution is 9.11. The number of halogens is 2. The van der Waals surface area contributed by atoms with Gasteiger partial charge in [-0.3, -0.25) is 0 Å². The summed E-state index contributed by atoms with van der Waals surface area (Å²) in [4.78, 5) is 0. The molecule has 1 aromatic carbocycles. The number of hydrogen-bond acceptors (Lipinski definition) is 3. The third kappa shape index (κ3) is 2.87. The summed E-state index contributed by atoms with van der Waals surface area (Å²) < 4.78 is 4.04. The molecular weight excluding hydrogens is 348 g/mol. The second-order valence-electron chi connectivity index (χ2n) is 3.70. The zero-order valence-corrected chi connectivity index (χ0v) is 12.7. The van der Waals surface area contributed by atoms with Crippen LogP contribution in [0.3, 0.4) is 0 Å². The maximum atomic E-state index is 4.10. The van der Waals surface area contributed by atoms with Crippen molar-refractivity contribution in [1.29, 1.82) is 0 Å².